The van der Waals surface area contributed by atoms with Gasteiger partial charge in [0.15, 0.2) is 12.0 Å². The molecule has 0 amide bonds. The van der Waals surface area contributed by atoms with Crippen LogP contribution < -0.4 is 4.57 Å². The zero-order chi connectivity index (χ0) is 18.7. The molecule has 1 aliphatic heterocycles. The Morgan fingerprint density at radius 3 is 2.68 bits per heavy atom. The van der Waals surface area contributed by atoms with Gasteiger partial charge in [-0.1, -0.05) is 25.8 Å². The van der Waals surface area contributed by atoms with Crippen molar-refractivity contribution >= 4 is 17.9 Å². The molecule has 4 heteroatoms. The van der Waals surface area contributed by atoms with Gasteiger partial charge < -0.3 is 15.3 Å². The number of aromatic nitrogens is 1. The number of pyridine rings is 1. The van der Waals surface area contributed by atoms with E-state index in [-0.39, 0.29) is 17.7 Å². The van der Waals surface area contributed by atoms with Crippen LogP contribution in [-0.2, 0) is 4.74 Å². The third-order valence-corrected chi connectivity index (χ3v) is 4.96. The number of hydrogen-bond acceptors (Lipinski definition) is 3. The van der Waals surface area contributed by atoms with Crippen LogP contribution in [0, 0.1) is 18.3 Å². The average Bonchev–Trinajstić information content (AvgIpc) is 2.58. The zero-order valence-electron chi connectivity index (χ0n) is 15.3. The minimum absolute atomic E-state index is 0.0574. The molecular formula is C21H27N2O2+. The largest absolute Gasteiger partial charge is 0.506 e. The summed E-state index contributed by atoms with van der Waals surface area (Å²) in [5.74, 6) is 0.0407. The van der Waals surface area contributed by atoms with Crippen molar-refractivity contribution in [3.05, 3.63) is 65.7 Å². The van der Waals surface area contributed by atoms with E-state index in [0.717, 1.165) is 33.5 Å². The molecular weight excluding hydrogens is 312 g/mol. The zero-order valence-corrected chi connectivity index (χ0v) is 15.3. The predicted octanol–water partition coefficient (Wildman–Crippen LogP) is 4.18. The Labute approximate surface area is 150 Å². The molecule has 2 atom stereocenters. The topological polar surface area (TPSA) is 57.2 Å². The van der Waals surface area contributed by atoms with Crippen LogP contribution in [0.2, 0.25) is 0 Å². The lowest BCUT2D eigenvalue weighted by Crippen LogP contribution is -2.52. The Balaban J connectivity index is 2.82. The molecule has 2 heterocycles. The highest BCUT2D eigenvalue weighted by molar-refractivity contribution is 5.88. The molecule has 0 aromatic carbocycles. The van der Waals surface area contributed by atoms with Crippen molar-refractivity contribution in [2.45, 2.75) is 26.3 Å². The smallest absolute Gasteiger partial charge is 0.221 e. The third-order valence-electron chi connectivity index (χ3n) is 4.96. The van der Waals surface area contributed by atoms with Crippen LogP contribution in [0.15, 0.2) is 48.9 Å². The van der Waals surface area contributed by atoms with Gasteiger partial charge in [0, 0.05) is 37.1 Å². The van der Waals surface area contributed by atoms with Crippen molar-refractivity contribution in [2.24, 2.45) is 5.92 Å². The van der Waals surface area contributed by atoms with E-state index in [2.05, 4.69) is 19.7 Å². The summed E-state index contributed by atoms with van der Waals surface area (Å²) in [7, 11) is 1.66. The number of nitrogens with zero attached hydrogens (tertiary/aromatic N) is 1. The van der Waals surface area contributed by atoms with E-state index >= 15 is 0 Å². The first-order valence-corrected chi connectivity index (χ1v) is 8.33. The molecule has 2 rings (SSSR count). The highest BCUT2D eigenvalue weighted by Gasteiger charge is 2.44. The number of hydrogen-bond donors (Lipinski definition) is 2. The number of methoxy groups -OCH3 is 1. The summed E-state index contributed by atoms with van der Waals surface area (Å²) in [5.41, 5.74) is 5.72. The Morgan fingerprint density at radius 1 is 1.48 bits per heavy atom. The van der Waals surface area contributed by atoms with Gasteiger partial charge in [-0.2, -0.15) is 4.57 Å². The van der Waals surface area contributed by atoms with Gasteiger partial charge in [-0.05, 0) is 37.0 Å². The fraction of sp³-hybridized carbons (Fsp3) is 0.333. The van der Waals surface area contributed by atoms with E-state index in [9.17, 15) is 5.11 Å². The fourth-order valence-electron chi connectivity index (χ4n) is 3.78. The summed E-state index contributed by atoms with van der Waals surface area (Å²) < 4.78 is 7.31. The number of aliphatic hydroxyl groups is 1. The molecule has 1 aromatic rings. The maximum atomic E-state index is 10.4. The van der Waals surface area contributed by atoms with E-state index < -0.39 is 0 Å². The first kappa shape index (κ1) is 18.9. The predicted molar refractivity (Wildman–Crippen MR) is 103 cm³/mol. The first-order chi connectivity index (χ1) is 11.9. The molecule has 2 N–H and O–H groups in total. The fourth-order valence-corrected chi connectivity index (χ4v) is 3.78. The van der Waals surface area contributed by atoms with Gasteiger partial charge in [-0.3, -0.25) is 0 Å². The van der Waals surface area contributed by atoms with Gasteiger partial charge >= 0.3 is 0 Å². The maximum Gasteiger partial charge on any atom is 0.221 e. The summed E-state index contributed by atoms with van der Waals surface area (Å²) >= 11 is 0. The Bertz CT molecular complexity index is 774. The van der Waals surface area contributed by atoms with Crippen molar-refractivity contribution in [1.29, 1.82) is 5.41 Å². The minimum Gasteiger partial charge on any atom is -0.506 e. The standard InChI is InChI=1S/C21H26N2O2/c1-7-17-8-10-23-20(14(17)3)15(4)19(13(2)12-22)18(9-11-25-6)21(23)16(5)24/h7-8,10,12,18,21-22H,1,4-5,9,11H2,2-3,6H3/p+1/b19-13-,22-12?. The summed E-state index contributed by atoms with van der Waals surface area (Å²) in [6, 6.07) is 1.67. The Morgan fingerprint density at radius 2 is 2.16 bits per heavy atom. The number of fused-ring (bicyclic) bond motifs is 1. The highest BCUT2D eigenvalue weighted by Crippen LogP contribution is 2.43. The average molecular weight is 339 g/mol. The van der Waals surface area contributed by atoms with Crippen molar-refractivity contribution in [2.75, 3.05) is 13.7 Å². The second-order valence-corrected chi connectivity index (χ2v) is 6.40. The molecule has 1 aliphatic rings. The number of allylic oxidation sites excluding steroid dienone is 4. The van der Waals surface area contributed by atoms with Crippen molar-refractivity contribution in [3.63, 3.8) is 0 Å². The van der Waals surface area contributed by atoms with Crippen molar-refractivity contribution < 1.29 is 14.4 Å². The molecule has 0 spiro atoms. The summed E-state index contributed by atoms with van der Waals surface area (Å²) in [5, 5.41) is 18.1. The quantitative estimate of drug-likeness (QED) is 0.464. The lowest BCUT2D eigenvalue weighted by Gasteiger charge is -2.33. The third kappa shape index (κ3) is 3.22. The van der Waals surface area contributed by atoms with Gasteiger partial charge in [0.25, 0.3) is 0 Å². The lowest BCUT2D eigenvalue weighted by molar-refractivity contribution is -0.727. The minimum atomic E-state index is -0.321. The SMILES string of the molecule is C=Cc1cc[n+]2c(c1C)C(=C)/C(=C(\C)C=N)C(CCOC)C2C(=C)O. The summed E-state index contributed by atoms with van der Waals surface area (Å²) in [6.45, 7) is 16.5. The van der Waals surface area contributed by atoms with Gasteiger partial charge in [0.1, 0.15) is 0 Å². The Kier molecular flexibility index (Phi) is 5.75. The molecule has 25 heavy (non-hydrogen) atoms. The molecule has 0 saturated heterocycles. The lowest BCUT2D eigenvalue weighted by atomic mass is 9.76. The van der Waals surface area contributed by atoms with Crippen LogP contribution in [0.4, 0.5) is 0 Å². The number of ether oxygens (including phenoxy) is 1. The number of aliphatic hydroxyl groups excluding tert-OH is 1. The molecule has 2 unspecified atom stereocenters. The molecule has 4 nitrogen and oxygen atoms in total. The normalized spacial score (nSPS) is 21.5. The van der Waals surface area contributed by atoms with Crippen molar-refractivity contribution in [3.8, 4) is 0 Å². The highest BCUT2D eigenvalue weighted by atomic mass is 16.5. The van der Waals surface area contributed by atoms with E-state index in [1.54, 1.807) is 7.11 Å². The van der Waals surface area contributed by atoms with Gasteiger partial charge in [-0.15, -0.1) is 0 Å². The van der Waals surface area contributed by atoms with E-state index in [0.29, 0.717) is 13.0 Å². The van der Waals surface area contributed by atoms with Crippen molar-refractivity contribution in [1.82, 2.24) is 0 Å². The summed E-state index contributed by atoms with van der Waals surface area (Å²) in [6.07, 6.45) is 5.82. The second kappa shape index (κ2) is 7.62. The molecule has 0 saturated carbocycles. The van der Waals surface area contributed by atoms with Gasteiger partial charge in [0.05, 0.1) is 5.92 Å². The molecule has 0 bridgehead atoms. The molecule has 132 valence electrons. The van der Waals surface area contributed by atoms with Crippen LogP contribution >= 0.6 is 0 Å². The van der Waals surface area contributed by atoms with Crippen LogP contribution in [0.1, 0.15) is 36.2 Å². The van der Waals surface area contributed by atoms with E-state index in [4.69, 9.17) is 10.1 Å². The molecule has 0 fully saturated rings. The van der Waals surface area contributed by atoms with Gasteiger partial charge in [-0.25, -0.2) is 0 Å². The molecule has 1 aromatic heterocycles. The van der Waals surface area contributed by atoms with Crippen LogP contribution in [0.25, 0.3) is 11.6 Å². The van der Waals surface area contributed by atoms with E-state index in [1.807, 2.05) is 36.8 Å². The summed E-state index contributed by atoms with van der Waals surface area (Å²) in [4.78, 5) is 0. The molecule has 0 aliphatic carbocycles. The monoisotopic (exact) mass is 339 g/mol. The maximum absolute atomic E-state index is 10.4. The first-order valence-electron chi connectivity index (χ1n) is 8.33. The van der Waals surface area contributed by atoms with Gasteiger partial charge in [0.2, 0.25) is 11.7 Å². The molecule has 0 radical (unpaired) electrons. The Hall–Kier alpha value is -2.46. The van der Waals surface area contributed by atoms with Crippen LogP contribution in [0.3, 0.4) is 0 Å². The van der Waals surface area contributed by atoms with Crippen LogP contribution in [-0.4, -0.2) is 25.0 Å². The van der Waals surface area contributed by atoms with Crippen LogP contribution in [0.5, 0.6) is 0 Å². The number of nitrogens with one attached hydrogen (secondary N) is 1. The van der Waals surface area contributed by atoms with E-state index in [1.165, 1.54) is 6.21 Å². The number of rotatable bonds is 6. The second-order valence-electron chi connectivity index (χ2n) is 6.40.